The first-order valence-electron chi connectivity index (χ1n) is 16.7. The number of likely N-dealkylation sites (tertiary alicyclic amines) is 1. The van der Waals surface area contributed by atoms with Crippen molar-refractivity contribution in [2.45, 2.75) is 49.1 Å². The van der Waals surface area contributed by atoms with E-state index in [4.69, 9.17) is 0 Å². The van der Waals surface area contributed by atoms with Crippen LogP contribution in [0.4, 0.5) is 0 Å². The molecule has 0 spiro atoms. The molecule has 0 aliphatic carbocycles. The largest absolute Gasteiger partial charge is 0.343 e. The Balaban J connectivity index is 1.12. The second kappa shape index (κ2) is 14.9. The highest BCUT2D eigenvalue weighted by atomic mass is 32.2. The number of piperidine rings is 1. The molecule has 4 aromatic rings. The molecule has 2 heterocycles. The molecule has 2 unspecified atom stereocenters. The van der Waals surface area contributed by atoms with E-state index in [0.717, 1.165) is 68.2 Å². The minimum Gasteiger partial charge on any atom is -0.343 e. The summed E-state index contributed by atoms with van der Waals surface area (Å²) in [5.74, 6) is 0.529. The predicted molar refractivity (Wildman–Crippen MR) is 185 cm³/mol. The summed E-state index contributed by atoms with van der Waals surface area (Å²) in [5, 5.41) is 1.84. The van der Waals surface area contributed by atoms with Crippen LogP contribution in [0.25, 0.3) is 10.8 Å². The number of aryl methyl sites for hydroxylation is 1. The maximum absolute atomic E-state index is 13.8. The van der Waals surface area contributed by atoms with Gasteiger partial charge in [-0.25, -0.2) is 13.1 Å². The molecule has 6 rings (SSSR count). The van der Waals surface area contributed by atoms with Crippen molar-refractivity contribution in [3.63, 3.8) is 0 Å². The van der Waals surface area contributed by atoms with Crippen molar-refractivity contribution in [3.8, 4) is 0 Å². The van der Waals surface area contributed by atoms with Gasteiger partial charge in [-0.3, -0.25) is 9.69 Å². The van der Waals surface area contributed by atoms with Gasteiger partial charge in [0, 0.05) is 51.7 Å². The van der Waals surface area contributed by atoms with Crippen molar-refractivity contribution in [1.82, 2.24) is 19.4 Å². The summed E-state index contributed by atoms with van der Waals surface area (Å²) in [7, 11) is -1.67. The first-order chi connectivity index (χ1) is 22.4. The zero-order chi connectivity index (χ0) is 31.9. The van der Waals surface area contributed by atoms with Gasteiger partial charge >= 0.3 is 0 Å². The summed E-state index contributed by atoms with van der Waals surface area (Å²) in [6.07, 6.45) is 4.20. The normalized spacial score (nSPS) is 18.4. The van der Waals surface area contributed by atoms with Gasteiger partial charge in [-0.1, -0.05) is 91.0 Å². The summed E-state index contributed by atoms with van der Waals surface area (Å²) in [6, 6.07) is 32.9. The van der Waals surface area contributed by atoms with Crippen molar-refractivity contribution in [1.29, 1.82) is 0 Å². The molecular formula is C38H46N4O3S. The van der Waals surface area contributed by atoms with Crippen LogP contribution in [0.15, 0.2) is 108 Å². The van der Waals surface area contributed by atoms with Crippen LogP contribution >= 0.6 is 0 Å². The van der Waals surface area contributed by atoms with Crippen LogP contribution in [0.2, 0.25) is 0 Å². The first kappa shape index (κ1) is 32.4. The summed E-state index contributed by atoms with van der Waals surface area (Å²) >= 11 is 0. The fraction of sp³-hybridized carbons (Fsp3) is 0.395. The van der Waals surface area contributed by atoms with Crippen LogP contribution in [-0.2, 0) is 21.2 Å². The van der Waals surface area contributed by atoms with Gasteiger partial charge in [0.25, 0.3) is 0 Å². The number of sulfonamides is 1. The molecular weight excluding hydrogens is 593 g/mol. The molecule has 2 atom stereocenters. The molecule has 1 amide bonds. The van der Waals surface area contributed by atoms with E-state index in [1.807, 2.05) is 65.6 Å². The summed E-state index contributed by atoms with van der Waals surface area (Å²) in [6.45, 7) is 5.77. The van der Waals surface area contributed by atoms with E-state index < -0.39 is 16.1 Å². The number of carbonyl (C=O) groups is 1. The summed E-state index contributed by atoms with van der Waals surface area (Å²) in [4.78, 5) is 21.0. The fourth-order valence-electron chi connectivity index (χ4n) is 7.17. The Hall–Kier alpha value is -3.56. The molecule has 1 N–H and O–H groups in total. The summed E-state index contributed by atoms with van der Waals surface area (Å²) < 4.78 is 30.1. The number of fused-ring (bicyclic) bond motifs is 1. The van der Waals surface area contributed by atoms with E-state index in [0.29, 0.717) is 25.0 Å². The van der Waals surface area contributed by atoms with Crippen LogP contribution in [0.1, 0.15) is 42.9 Å². The number of amides is 1. The van der Waals surface area contributed by atoms with Crippen molar-refractivity contribution in [2.24, 2.45) is 5.92 Å². The second-order valence-corrected chi connectivity index (χ2v) is 14.7. The van der Waals surface area contributed by atoms with E-state index in [9.17, 15) is 13.2 Å². The molecule has 2 saturated heterocycles. The zero-order valence-corrected chi connectivity index (χ0v) is 27.6. The standard InChI is InChI=1S/C38H46N4O3S/c1-40-24-26-41(27-25-40)37(19-16-30-10-4-2-5-11-30)33-20-22-42(23-21-33)38(43)29-36(32-13-6-3-7-14-32)39-46(44,45)35-18-17-31-12-8-9-15-34(31)28-35/h2-15,17-18,28,33,36-37,39H,16,19-27,29H2,1H3. The topological polar surface area (TPSA) is 73.0 Å². The minimum atomic E-state index is -3.87. The number of benzene rings is 4. The lowest BCUT2D eigenvalue weighted by atomic mass is 9.84. The van der Waals surface area contributed by atoms with Crippen LogP contribution in [0, 0.1) is 5.92 Å². The van der Waals surface area contributed by atoms with Crippen molar-refractivity contribution < 1.29 is 13.2 Å². The monoisotopic (exact) mass is 638 g/mol. The second-order valence-electron chi connectivity index (χ2n) is 12.9. The highest BCUT2D eigenvalue weighted by Crippen LogP contribution is 2.30. The number of nitrogens with one attached hydrogen (secondary N) is 1. The number of likely N-dealkylation sites (N-methyl/N-ethyl adjacent to an activating group) is 1. The molecule has 46 heavy (non-hydrogen) atoms. The average molecular weight is 639 g/mol. The van der Waals surface area contributed by atoms with Crippen molar-refractivity contribution in [3.05, 3.63) is 114 Å². The number of hydrogen-bond donors (Lipinski definition) is 1. The van der Waals surface area contributed by atoms with Crippen LogP contribution in [0.5, 0.6) is 0 Å². The van der Waals surface area contributed by atoms with Gasteiger partial charge in [0.15, 0.2) is 0 Å². The fourth-order valence-corrected chi connectivity index (χ4v) is 8.43. The lowest BCUT2D eigenvalue weighted by Gasteiger charge is -2.44. The Morgan fingerprint density at radius 2 is 1.41 bits per heavy atom. The molecule has 0 saturated carbocycles. The minimum absolute atomic E-state index is 0.00560. The van der Waals surface area contributed by atoms with E-state index >= 15 is 0 Å². The Kier molecular flexibility index (Phi) is 10.5. The molecule has 2 aliphatic heterocycles. The number of rotatable bonds is 11. The van der Waals surface area contributed by atoms with Gasteiger partial charge in [0.05, 0.1) is 10.9 Å². The highest BCUT2D eigenvalue weighted by molar-refractivity contribution is 7.89. The van der Waals surface area contributed by atoms with Gasteiger partial charge < -0.3 is 9.80 Å². The maximum atomic E-state index is 13.8. The lowest BCUT2D eigenvalue weighted by molar-refractivity contribution is -0.133. The van der Waals surface area contributed by atoms with Gasteiger partial charge in [-0.15, -0.1) is 0 Å². The Labute approximate surface area is 274 Å². The molecule has 0 aromatic heterocycles. The maximum Gasteiger partial charge on any atom is 0.241 e. The Bertz CT molecular complexity index is 1680. The van der Waals surface area contributed by atoms with Crippen LogP contribution in [-0.4, -0.2) is 81.4 Å². The predicted octanol–water partition coefficient (Wildman–Crippen LogP) is 5.74. The first-order valence-corrected chi connectivity index (χ1v) is 18.1. The molecule has 242 valence electrons. The molecule has 4 aromatic carbocycles. The highest BCUT2D eigenvalue weighted by Gasteiger charge is 2.34. The molecule has 0 bridgehead atoms. The van der Waals surface area contributed by atoms with Gasteiger partial charge in [0.2, 0.25) is 15.9 Å². The third-order valence-corrected chi connectivity index (χ3v) is 11.4. The quantitative estimate of drug-likeness (QED) is 0.227. The van der Waals surface area contributed by atoms with Crippen molar-refractivity contribution in [2.75, 3.05) is 46.3 Å². The molecule has 0 radical (unpaired) electrons. The molecule has 7 nitrogen and oxygen atoms in total. The lowest BCUT2D eigenvalue weighted by Crippen LogP contribution is -2.53. The van der Waals surface area contributed by atoms with E-state index in [2.05, 4.69) is 51.9 Å². The smallest absolute Gasteiger partial charge is 0.241 e. The zero-order valence-electron chi connectivity index (χ0n) is 26.8. The molecule has 2 fully saturated rings. The molecule has 2 aliphatic rings. The van der Waals surface area contributed by atoms with Gasteiger partial charge in [-0.05, 0) is 72.7 Å². The molecule has 8 heteroatoms. The Morgan fingerprint density at radius 3 is 2.11 bits per heavy atom. The van der Waals surface area contributed by atoms with E-state index in [-0.39, 0.29) is 17.2 Å². The van der Waals surface area contributed by atoms with Gasteiger partial charge in [-0.2, -0.15) is 0 Å². The average Bonchev–Trinajstić information content (AvgIpc) is 3.09. The SMILES string of the molecule is CN1CCN(C(CCc2ccccc2)C2CCN(C(=O)CC(NS(=O)(=O)c3ccc4ccccc4c3)c3ccccc3)CC2)CC1. The number of nitrogens with zero attached hydrogens (tertiary/aromatic N) is 3. The van der Waals surface area contributed by atoms with Crippen LogP contribution < -0.4 is 4.72 Å². The van der Waals surface area contributed by atoms with E-state index in [1.165, 1.54) is 5.56 Å². The van der Waals surface area contributed by atoms with Gasteiger partial charge in [0.1, 0.15) is 0 Å². The summed E-state index contributed by atoms with van der Waals surface area (Å²) in [5.41, 5.74) is 2.17. The third-order valence-electron chi connectivity index (χ3n) is 9.92. The van der Waals surface area contributed by atoms with E-state index in [1.54, 1.807) is 12.1 Å². The van der Waals surface area contributed by atoms with Crippen LogP contribution in [0.3, 0.4) is 0 Å². The number of carbonyl (C=O) groups excluding carboxylic acids is 1. The Morgan fingerprint density at radius 1 is 0.783 bits per heavy atom. The number of hydrogen-bond acceptors (Lipinski definition) is 5. The van der Waals surface area contributed by atoms with Crippen molar-refractivity contribution >= 4 is 26.7 Å². The third kappa shape index (κ3) is 8.04. The number of piperazine rings is 1.